The van der Waals surface area contributed by atoms with E-state index in [1.54, 1.807) is 7.11 Å². The SMILES string of the molecule is COc1cccc(-c2nc3c(C)c(-c4ccccc4)ccc3[nH]2)c1. The van der Waals surface area contributed by atoms with Crippen molar-refractivity contribution < 1.29 is 4.74 Å². The Morgan fingerprint density at radius 2 is 1.67 bits per heavy atom. The number of benzene rings is 3. The van der Waals surface area contributed by atoms with Gasteiger partial charge in [-0.15, -0.1) is 0 Å². The van der Waals surface area contributed by atoms with Crippen LogP contribution in [0.1, 0.15) is 5.56 Å². The van der Waals surface area contributed by atoms with E-state index in [1.165, 1.54) is 16.7 Å². The molecule has 118 valence electrons. The molecule has 4 aromatic rings. The second-order valence-corrected chi connectivity index (χ2v) is 5.82. The molecule has 3 nitrogen and oxygen atoms in total. The Hall–Kier alpha value is -3.07. The maximum absolute atomic E-state index is 5.31. The van der Waals surface area contributed by atoms with Crippen molar-refractivity contribution in [3.8, 4) is 28.3 Å². The molecule has 0 radical (unpaired) electrons. The quantitative estimate of drug-likeness (QED) is 0.563. The summed E-state index contributed by atoms with van der Waals surface area (Å²) in [5.74, 6) is 1.69. The standard InChI is InChI=1S/C21H18N2O/c1-14-18(15-7-4-3-5-8-15)11-12-19-20(14)23-21(22-19)16-9-6-10-17(13-16)24-2/h3-13H,1-2H3,(H,22,23). The molecular formula is C21H18N2O. The van der Waals surface area contributed by atoms with Gasteiger partial charge >= 0.3 is 0 Å². The molecule has 0 fully saturated rings. The number of fused-ring (bicyclic) bond motifs is 1. The molecule has 0 atom stereocenters. The number of hydrogen-bond acceptors (Lipinski definition) is 2. The van der Waals surface area contributed by atoms with Gasteiger partial charge in [-0.05, 0) is 41.8 Å². The van der Waals surface area contributed by atoms with Crippen molar-refractivity contribution in [1.82, 2.24) is 9.97 Å². The van der Waals surface area contributed by atoms with Crippen molar-refractivity contribution in [2.75, 3.05) is 7.11 Å². The lowest BCUT2D eigenvalue weighted by Crippen LogP contribution is -1.85. The number of methoxy groups -OCH3 is 1. The van der Waals surface area contributed by atoms with E-state index in [0.717, 1.165) is 28.2 Å². The second-order valence-electron chi connectivity index (χ2n) is 5.82. The lowest BCUT2D eigenvalue weighted by molar-refractivity contribution is 0.415. The Bertz CT molecular complexity index is 1000. The Morgan fingerprint density at radius 1 is 0.875 bits per heavy atom. The molecule has 1 heterocycles. The lowest BCUT2D eigenvalue weighted by atomic mass is 9.99. The first-order chi connectivity index (χ1) is 11.8. The van der Waals surface area contributed by atoms with Gasteiger partial charge in [-0.1, -0.05) is 48.5 Å². The van der Waals surface area contributed by atoms with Crippen molar-refractivity contribution >= 4 is 11.0 Å². The Balaban J connectivity index is 1.85. The predicted octanol–water partition coefficient (Wildman–Crippen LogP) is 5.21. The van der Waals surface area contributed by atoms with Crippen LogP contribution in [0.15, 0.2) is 66.7 Å². The fourth-order valence-corrected chi connectivity index (χ4v) is 3.05. The van der Waals surface area contributed by atoms with Crippen LogP contribution >= 0.6 is 0 Å². The molecule has 0 amide bonds. The van der Waals surface area contributed by atoms with Crippen LogP contribution in [-0.4, -0.2) is 17.1 Å². The van der Waals surface area contributed by atoms with E-state index >= 15 is 0 Å². The largest absolute Gasteiger partial charge is 0.497 e. The number of aromatic amines is 1. The highest BCUT2D eigenvalue weighted by Crippen LogP contribution is 2.31. The van der Waals surface area contributed by atoms with Crippen LogP contribution in [0.2, 0.25) is 0 Å². The van der Waals surface area contributed by atoms with E-state index in [4.69, 9.17) is 9.72 Å². The molecule has 1 N–H and O–H groups in total. The molecule has 0 aliphatic rings. The van der Waals surface area contributed by atoms with Crippen LogP contribution in [-0.2, 0) is 0 Å². The van der Waals surface area contributed by atoms with Gasteiger partial charge in [0.05, 0.1) is 18.1 Å². The molecule has 4 rings (SSSR count). The zero-order chi connectivity index (χ0) is 16.5. The minimum Gasteiger partial charge on any atom is -0.497 e. The number of ether oxygens (including phenoxy) is 1. The summed E-state index contributed by atoms with van der Waals surface area (Å²) in [5, 5.41) is 0. The summed E-state index contributed by atoms with van der Waals surface area (Å²) >= 11 is 0. The van der Waals surface area contributed by atoms with Gasteiger partial charge in [0, 0.05) is 5.56 Å². The number of aromatic nitrogens is 2. The first-order valence-corrected chi connectivity index (χ1v) is 7.95. The monoisotopic (exact) mass is 314 g/mol. The van der Waals surface area contributed by atoms with E-state index in [2.05, 4.69) is 48.3 Å². The number of hydrogen-bond donors (Lipinski definition) is 1. The van der Waals surface area contributed by atoms with E-state index in [1.807, 2.05) is 30.3 Å². The van der Waals surface area contributed by atoms with E-state index < -0.39 is 0 Å². The fourth-order valence-electron chi connectivity index (χ4n) is 3.05. The molecular weight excluding hydrogens is 296 g/mol. The molecule has 1 aromatic heterocycles. The highest BCUT2D eigenvalue weighted by Gasteiger charge is 2.11. The summed E-state index contributed by atoms with van der Waals surface area (Å²) in [4.78, 5) is 8.25. The maximum atomic E-state index is 5.31. The van der Waals surface area contributed by atoms with Gasteiger partial charge in [-0.2, -0.15) is 0 Å². The molecule has 0 unspecified atom stereocenters. The van der Waals surface area contributed by atoms with Gasteiger partial charge in [0.2, 0.25) is 0 Å². The molecule has 0 saturated carbocycles. The van der Waals surface area contributed by atoms with Crippen molar-refractivity contribution in [1.29, 1.82) is 0 Å². The second kappa shape index (κ2) is 5.85. The zero-order valence-corrected chi connectivity index (χ0v) is 13.7. The highest BCUT2D eigenvalue weighted by atomic mass is 16.5. The smallest absolute Gasteiger partial charge is 0.138 e. The third kappa shape index (κ3) is 2.44. The average Bonchev–Trinajstić information content (AvgIpc) is 3.08. The number of H-pyrrole nitrogens is 1. The van der Waals surface area contributed by atoms with Gasteiger partial charge in [-0.25, -0.2) is 4.98 Å². The fraction of sp³-hybridized carbons (Fsp3) is 0.0952. The Morgan fingerprint density at radius 3 is 2.46 bits per heavy atom. The molecule has 0 bridgehead atoms. The number of nitrogens with zero attached hydrogens (tertiary/aromatic N) is 1. The summed E-state index contributed by atoms with van der Waals surface area (Å²) in [6.07, 6.45) is 0. The van der Waals surface area contributed by atoms with E-state index in [9.17, 15) is 0 Å². The third-order valence-electron chi connectivity index (χ3n) is 4.34. The van der Waals surface area contributed by atoms with E-state index in [0.29, 0.717) is 0 Å². The van der Waals surface area contributed by atoms with Gasteiger partial charge in [0.1, 0.15) is 11.6 Å². The first kappa shape index (κ1) is 14.5. The zero-order valence-electron chi connectivity index (χ0n) is 13.7. The molecule has 3 heteroatoms. The van der Waals surface area contributed by atoms with Crippen molar-refractivity contribution in [3.63, 3.8) is 0 Å². The highest BCUT2D eigenvalue weighted by molar-refractivity contribution is 5.88. The van der Waals surface area contributed by atoms with Gasteiger partial charge in [0.15, 0.2) is 0 Å². The van der Waals surface area contributed by atoms with Gasteiger partial charge in [0.25, 0.3) is 0 Å². The maximum Gasteiger partial charge on any atom is 0.138 e. The summed E-state index contributed by atoms with van der Waals surface area (Å²) < 4.78 is 5.31. The molecule has 3 aromatic carbocycles. The predicted molar refractivity (Wildman–Crippen MR) is 98.3 cm³/mol. The number of nitrogens with one attached hydrogen (secondary N) is 1. The summed E-state index contributed by atoms with van der Waals surface area (Å²) in [6.45, 7) is 2.13. The van der Waals surface area contributed by atoms with Gasteiger partial charge < -0.3 is 9.72 Å². The molecule has 0 saturated heterocycles. The minimum atomic E-state index is 0.828. The summed E-state index contributed by atoms with van der Waals surface area (Å²) in [7, 11) is 1.67. The lowest BCUT2D eigenvalue weighted by Gasteiger charge is -2.06. The summed E-state index contributed by atoms with van der Waals surface area (Å²) in [5.41, 5.74) is 6.68. The van der Waals surface area contributed by atoms with Crippen molar-refractivity contribution in [3.05, 3.63) is 72.3 Å². The van der Waals surface area contributed by atoms with Crippen LogP contribution in [0.3, 0.4) is 0 Å². The first-order valence-electron chi connectivity index (χ1n) is 7.95. The summed E-state index contributed by atoms with van der Waals surface area (Å²) in [6, 6.07) is 22.6. The number of imidazole rings is 1. The molecule has 0 aliphatic heterocycles. The van der Waals surface area contributed by atoms with Crippen molar-refractivity contribution in [2.24, 2.45) is 0 Å². The average molecular weight is 314 g/mol. The van der Waals surface area contributed by atoms with Gasteiger partial charge in [-0.3, -0.25) is 0 Å². The third-order valence-corrected chi connectivity index (χ3v) is 4.34. The van der Waals surface area contributed by atoms with Crippen LogP contribution in [0.5, 0.6) is 5.75 Å². The molecule has 0 aliphatic carbocycles. The minimum absolute atomic E-state index is 0.828. The number of rotatable bonds is 3. The van der Waals surface area contributed by atoms with Crippen LogP contribution in [0.25, 0.3) is 33.5 Å². The van der Waals surface area contributed by atoms with Crippen molar-refractivity contribution in [2.45, 2.75) is 6.92 Å². The van der Waals surface area contributed by atoms with Crippen LogP contribution in [0, 0.1) is 6.92 Å². The van der Waals surface area contributed by atoms with Crippen LogP contribution < -0.4 is 4.74 Å². The molecule has 0 spiro atoms. The normalized spacial score (nSPS) is 10.9. The Labute approximate surface area is 140 Å². The van der Waals surface area contributed by atoms with Crippen LogP contribution in [0.4, 0.5) is 0 Å². The number of aryl methyl sites for hydroxylation is 1. The topological polar surface area (TPSA) is 37.9 Å². The van der Waals surface area contributed by atoms with E-state index in [-0.39, 0.29) is 0 Å². The molecule has 24 heavy (non-hydrogen) atoms. The Kier molecular flexibility index (Phi) is 3.54.